The average Bonchev–Trinajstić information content (AvgIpc) is 2.70. The third-order valence-electron chi connectivity index (χ3n) is 6.90. The molecule has 4 rings (SSSR count). The number of ether oxygens (including phenoxy) is 2. The van der Waals surface area contributed by atoms with Gasteiger partial charge >= 0.3 is 0 Å². The van der Waals surface area contributed by atoms with Crippen molar-refractivity contribution in [3.63, 3.8) is 0 Å². The first kappa shape index (κ1) is 18.0. The molecule has 4 unspecified atom stereocenters. The van der Waals surface area contributed by atoms with E-state index in [1.54, 1.807) is 0 Å². The van der Waals surface area contributed by atoms with Crippen molar-refractivity contribution in [2.75, 3.05) is 37.9 Å². The van der Waals surface area contributed by atoms with Gasteiger partial charge in [0.25, 0.3) is 0 Å². The van der Waals surface area contributed by atoms with Gasteiger partial charge in [-0.15, -0.1) is 0 Å². The maximum Gasteiger partial charge on any atom is 0.0497 e. The molecule has 0 amide bonds. The van der Waals surface area contributed by atoms with Crippen molar-refractivity contribution in [3.05, 3.63) is 0 Å². The second kappa shape index (κ2) is 8.54. The fourth-order valence-corrected chi connectivity index (χ4v) is 9.82. The smallest absolute Gasteiger partial charge is 0.0497 e. The van der Waals surface area contributed by atoms with Gasteiger partial charge in [-0.05, 0) is 80.6 Å². The molecule has 4 saturated heterocycles. The third kappa shape index (κ3) is 3.54. The van der Waals surface area contributed by atoms with Crippen LogP contribution in [0, 0.1) is 17.8 Å². The molecule has 0 saturated carbocycles. The van der Waals surface area contributed by atoms with Crippen molar-refractivity contribution in [1.82, 2.24) is 0 Å². The van der Waals surface area contributed by atoms with E-state index < -0.39 is 0 Å². The van der Waals surface area contributed by atoms with Gasteiger partial charge in [0.15, 0.2) is 0 Å². The number of thioether (sulfide) groups is 2. The van der Waals surface area contributed by atoms with Crippen LogP contribution in [0.2, 0.25) is 0 Å². The Morgan fingerprint density at radius 3 is 2.42 bits per heavy atom. The zero-order chi connectivity index (χ0) is 16.2. The van der Waals surface area contributed by atoms with E-state index >= 15 is 0 Å². The van der Waals surface area contributed by atoms with E-state index in [4.69, 9.17) is 9.47 Å². The molecule has 4 aliphatic heterocycles. The molecule has 0 aromatic rings. The highest BCUT2D eigenvalue weighted by Gasteiger charge is 2.54. The molecule has 4 fully saturated rings. The molecular formula is C20H34O2S2. The largest absolute Gasteiger partial charge is 0.381 e. The van der Waals surface area contributed by atoms with Gasteiger partial charge in [-0.1, -0.05) is 6.42 Å². The van der Waals surface area contributed by atoms with Crippen molar-refractivity contribution in [3.8, 4) is 0 Å². The van der Waals surface area contributed by atoms with Crippen molar-refractivity contribution in [2.45, 2.75) is 67.8 Å². The Morgan fingerprint density at radius 1 is 0.750 bits per heavy atom. The average molecular weight is 371 g/mol. The van der Waals surface area contributed by atoms with Crippen LogP contribution in [-0.2, 0) is 9.47 Å². The van der Waals surface area contributed by atoms with E-state index in [1.165, 1.54) is 69.3 Å². The van der Waals surface area contributed by atoms with Gasteiger partial charge in [0, 0.05) is 36.4 Å². The second-order valence-electron chi connectivity index (χ2n) is 8.17. The third-order valence-corrected chi connectivity index (χ3v) is 10.5. The molecule has 24 heavy (non-hydrogen) atoms. The Bertz CT molecular complexity index is 367. The van der Waals surface area contributed by atoms with Crippen LogP contribution >= 0.6 is 23.5 Å². The predicted molar refractivity (Wildman–Crippen MR) is 105 cm³/mol. The van der Waals surface area contributed by atoms with Crippen LogP contribution in [-0.4, -0.2) is 47.9 Å². The van der Waals surface area contributed by atoms with Crippen molar-refractivity contribution >= 4 is 23.5 Å². The summed E-state index contributed by atoms with van der Waals surface area (Å²) < 4.78 is 12.2. The molecule has 4 aliphatic rings. The summed E-state index contributed by atoms with van der Waals surface area (Å²) >= 11 is 4.72. The maximum absolute atomic E-state index is 5.96. The lowest BCUT2D eigenvalue weighted by Crippen LogP contribution is -2.57. The first-order valence-corrected chi connectivity index (χ1v) is 12.4. The molecule has 0 aromatic heterocycles. The van der Waals surface area contributed by atoms with Crippen LogP contribution in [0.4, 0.5) is 0 Å². The lowest BCUT2D eigenvalue weighted by Gasteiger charge is -2.57. The summed E-state index contributed by atoms with van der Waals surface area (Å²) in [4.78, 5) is 0. The highest BCUT2D eigenvalue weighted by atomic mass is 32.2. The van der Waals surface area contributed by atoms with Crippen LogP contribution in [0.3, 0.4) is 0 Å². The quantitative estimate of drug-likeness (QED) is 0.695. The minimum atomic E-state index is 0.512. The number of rotatable bonds is 3. The van der Waals surface area contributed by atoms with E-state index in [1.807, 2.05) is 0 Å². The molecule has 138 valence electrons. The Kier molecular flexibility index (Phi) is 6.41. The molecule has 2 nitrogen and oxygen atoms in total. The van der Waals surface area contributed by atoms with Crippen molar-refractivity contribution in [1.29, 1.82) is 0 Å². The molecule has 0 aromatic carbocycles. The zero-order valence-electron chi connectivity index (χ0n) is 15.0. The molecule has 0 radical (unpaired) electrons. The summed E-state index contributed by atoms with van der Waals surface area (Å²) in [6.07, 6.45) is 12.5. The van der Waals surface area contributed by atoms with E-state index in [2.05, 4.69) is 23.5 Å². The standard InChI is InChI=1S/C20H34O2S2/c1-2-13-23-19(7-1)20(17-8-11-21-12-9-17)18(6-4-14-24-20)16-5-3-10-22-15-16/h16-19H,1-15H2. The summed E-state index contributed by atoms with van der Waals surface area (Å²) in [6, 6.07) is 0. The highest BCUT2D eigenvalue weighted by Crippen LogP contribution is 2.59. The van der Waals surface area contributed by atoms with E-state index in [0.717, 1.165) is 49.4 Å². The minimum absolute atomic E-state index is 0.512. The lowest BCUT2D eigenvalue weighted by atomic mass is 9.66. The number of hydrogen-bond acceptors (Lipinski definition) is 4. The Labute approximate surface area is 156 Å². The van der Waals surface area contributed by atoms with E-state index in [0.29, 0.717) is 4.75 Å². The fraction of sp³-hybridized carbons (Fsp3) is 1.00. The van der Waals surface area contributed by atoms with E-state index in [-0.39, 0.29) is 0 Å². The summed E-state index contributed by atoms with van der Waals surface area (Å²) in [5, 5.41) is 0.881. The highest BCUT2D eigenvalue weighted by molar-refractivity contribution is 8.04. The van der Waals surface area contributed by atoms with Gasteiger partial charge in [0.1, 0.15) is 0 Å². The van der Waals surface area contributed by atoms with Crippen LogP contribution < -0.4 is 0 Å². The molecule has 0 N–H and O–H groups in total. The zero-order valence-corrected chi connectivity index (χ0v) is 16.7. The Hall–Kier alpha value is 0.620. The number of hydrogen-bond donors (Lipinski definition) is 0. The van der Waals surface area contributed by atoms with Crippen molar-refractivity contribution < 1.29 is 9.47 Å². The lowest BCUT2D eigenvalue weighted by molar-refractivity contribution is -0.00807. The Morgan fingerprint density at radius 2 is 1.67 bits per heavy atom. The van der Waals surface area contributed by atoms with Crippen LogP contribution in [0.25, 0.3) is 0 Å². The van der Waals surface area contributed by atoms with Crippen LogP contribution in [0.1, 0.15) is 57.8 Å². The SMILES string of the molecule is C1CCC(C2(C3CCOCC3)SCCCC2C2CCCOC2)SC1. The molecule has 4 heterocycles. The minimum Gasteiger partial charge on any atom is -0.381 e. The second-order valence-corrected chi connectivity index (χ2v) is 10.9. The first-order valence-electron chi connectivity index (χ1n) is 10.3. The van der Waals surface area contributed by atoms with E-state index in [9.17, 15) is 0 Å². The molecule has 4 atom stereocenters. The van der Waals surface area contributed by atoms with Crippen LogP contribution in [0.5, 0.6) is 0 Å². The van der Waals surface area contributed by atoms with Gasteiger partial charge < -0.3 is 9.47 Å². The van der Waals surface area contributed by atoms with Gasteiger partial charge in [-0.3, -0.25) is 0 Å². The fourth-order valence-electron chi connectivity index (χ4n) is 5.83. The maximum atomic E-state index is 5.96. The van der Waals surface area contributed by atoms with Crippen LogP contribution in [0.15, 0.2) is 0 Å². The molecule has 0 aliphatic carbocycles. The van der Waals surface area contributed by atoms with Gasteiger partial charge in [0.05, 0.1) is 0 Å². The monoisotopic (exact) mass is 370 g/mol. The summed E-state index contributed by atoms with van der Waals surface area (Å²) in [5.41, 5.74) is 0. The molecular weight excluding hydrogens is 336 g/mol. The van der Waals surface area contributed by atoms with Gasteiger partial charge in [-0.2, -0.15) is 23.5 Å². The molecule has 4 heteroatoms. The topological polar surface area (TPSA) is 18.5 Å². The normalized spacial score (nSPS) is 42.8. The summed E-state index contributed by atoms with van der Waals surface area (Å²) in [7, 11) is 0. The predicted octanol–water partition coefficient (Wildman–Crippen LogP) is 5.01. The van der Waals surface area contributed by atoms with Gasteiger partial charge in [0.2, 0.25) is 0 Å². The Balaban J connectivity index is 1.64. The summed E-state index contributed by atoms with van der Waals surface area (Å²) in [5.74, 6) is 5.36. The summed E-state index contributed by atoms with van der Waals surface area (Å²) in [6.45, 7) is 4.03. The van der Waals surface area contributed by atoms with Gasteiger partial charge in [-0.25, -0.2) is 0 Å². The molecule has 0 bridgehead atoms. The molecule has 0 spiro atoms. The van der Waals surface area contributed by atoms with Crippen molar-refractivity contribution in [2.24, 2.45) is 17.8 Å². The first-order chi connectivity index (χ1) is 11.9.